The first-order chi connectivity index (χ1) is 11.3. The first kappa shape index (κ1) is 17.8. The maximum absolute atomic E-state index is 9.11. The van der Waals surface area contributed by atoms with E-state index >= 15 is 0 Å². The van der Waals surface area contributed by atoms with Crippen LogP contribution in [0.4, 0.5) is 0 Å². The van der Waals surface area contributed by atoms with Gasteiger partial charge in [-0.15, -0.1) is 0 Å². The van der Waals surface area contributed by atoms with Gasteiger partial charge in [-0.25, -0.2) is 0 Å². The van der Waals surface area contributed by atoms with Crippen molar-refractivity contribution in [2.75, 3.05) is 0 Å². The molecule has 0 bridgehead atoms. The van der Waals surface area contributed by atoms with Gasteiger partial charge in [0.15, 0.2) is 0 Å². The summed E-state index contributed by atoms with van der Waals surface area (Å²) >= 11 is 0. The number of hydrogen-bond donors (Lipinski definition) is 0. The first-order valence-electron chi connectivity index (χ1n) is 8.30. The van der Waals surface area contributed by atoms with Crippen LogP contribution in [0.1, 0.15) is 62.8 Å². The molecule has 0 amide bonds. The lowest BCUT2D eigenvalue weighted by molar-refractivity contribution is 0.375. The van der Waals surface area contributed by atoms with Crippen molar-refractivity contribution in [1.82, 2.24) is 0 Å². The van der Waals surface area contributed by atoms with Gasteiger partial charge in [0.25, 0.3) is 0 Å². The van der Waals surface area contributed by atoms with Crippen molar-refractivity contribution in [3.8, 4) is 12.1 Å². The van der Waals surface area contributed by atoms with Crippen molar-refractivity contribution in [3.63, 3.8) is 0 Å². The normalized spacial score (nSPS) is 11.6. The van der Waals surface area contributed by atoms with Gasteiger partial charge in [0, 0.05) is 0 Å². The summed E-state index contributed by atoms with van der Waals surface area (Å²) < 4.78 is 0. The lowest BCUT2D eigenvalue weighted by Crippen LogP contribution is -2.24. The minimum absolute atomic E-state index is 0.0106. The smallest absolute Gasteiger partial charge is 0.0991 e. The number of benzene rings is 2. The van der Waals surface area contributed by atoms with E-state index in [4.69, 9.17) is 10.5 Å². The van der Waals surface area contributed by atoms with E-state index in [2.05, 4.69) is 58.0 Å². The van der Waals surface area contributed by atoms with Gasteiger partial charge in [0.1, 0.15) is 0 Å². The molecule has 0 unspecified atom stereocenters. The van der Waals surface area contributed by atoms with Crippen molar-refractivity contribution >= 4 is 0 Å². The molecular formula is C22H24N2. The average molecular weight is 316 g/mol. The van der Waals surface area contributed by atoms with Gasteiger partial charge >= 0.3 is 0 Å². The second-order valence-corrected chi connectivity index (χ2v) is 7.65. The molecule has 0 saturated heterocycles. The summed E-state index contributed by atoms with van der Waals surface area (Å²) in [6, 6.07) is 20.2. The molecular weight excluding hydrogens is 292 g/mol. The fourth-order valence-electron chi connectivity index (χ4n) is 2.92. The van der Waals surface area contributed by atoms with Gasteiger partial charge < -0.3 is 0 Å². The Hall–Kier alpha value is -2.58. The summed E-state index contributed by atoms with van der Waals surface area (Å²) in [5.41, 5.74) is 3.92. The highest BCUT2D eigenvalue weighted by Crippen LogP contribution is 2.36. The van der Waals surface area contributed by atoms with Gasteiger partial charge in [-0.2, -0.15) is 10.5 Å². The lowest BCUT2D eigenvalue weighted by atomic mass is 9.72. The molecule has 0 heterocycles. The van der Waals surface area contributed by atoms with Gasteiger partial charge in [0.2, 0.25) is 0 Å². The third-order valence-electron chi connectivity index (χ3n) is 4.94. The average Bonchev–Trinajstić information content (AvgIpc) is 2.60. The van der Waals surface area contributed by atoms with Crippen molar-refractivity contribution in [3.05, 3.63) is 70.8 Å². The molecule has 0 aliphatic rings. The maximum atomic E-state index is 9.11. The van der Waals surface area contributed by atoms with E-state index in [9.17, 15) is 0 Å². The molecule has 2 heteroatoms. The zero-order valence-electron chi connectivity index (χ0n) is 14.9. The highest BCUT2D eigenvalue weighted by atomic mass is 14.3. The molecule has 24 heavy (non-hydrogen) atoms. The van der Waals surface area contributed by atoms with Gasteiger partial charge in [-0.1, -0.05) is 52.0 Å². The van der Waals surface area contributed by atoms with E-state index in [0.717, 1.165) is 12.8 Å². The summed E-state index contributed by atoms with van der Waals surface area (Å²) in [5.74, 6) is 0. The Morgan fingerprint density at radius 3 is 1.79 bits per heavy atom. The molecule has 0 aliphatic carbocycles. The zero-order chi connectivity index (χ0) is 17.8. The van der Waals surface area contributed by atoms with Crippen molar-refractivity contribution in [2.45, 2.75) is 51.4 Å². The highest BCUT2D eigenvalue weighted by molar-refractivity contribution is 5.37. The van der Waals surface area contributed by atoms with E-state index in [1.807, 2.05) is 30.3 Å². The SMILES string of the molecule is CC(C)(CCC(C)(C)c1cccc(C#N)c1)c1ccc(C#N)cc1. The summed E-state index contributed by atoms with van der Waals surface area (Å²) in [6.07, 6.45) is 2.05. The summed E-state index contributed by atoms with van der Waals surface area (Å²) in [4.78, 5) is 0. The molecule has 2 rings (SSSR count). The van der Waals surface area contributed by atoms with Crippen LogP contribution in [0.15, 0.2) is 48.5 Å². The van der Waals surface area contributed by atoms with Crippen LogP contribution in [0.25, 0.3) is 0 Å². The monoisotopic (exact) mass is 316 g/mol. The van der Waals surface area contributed by atoms with Gasteiger partial charge in [-0.3, -0.25) is 0 Å². The molecule has 0 radical (unpaired) electrons. The maximum Gasteiger partial charge on any atom is 0.0991 e. The Morgan fingerprint density at radius 1 is 0.708 bits per heavy atom. The largest absolute Gasteiger partial charge is 0.192 e. The predicted octanol–water partition coefficient (Wildman–Crippen LogP) is 5.47. The Morgan fingerprint density at radius 2 is 1.25 bits per heavy atom. The van der Waals surface area contributed by atoms with Gasteiger partial charge in [0.05, 0.1) is 23.3 Å². The topological polar surface area (TPSA) is 47.6 Å². The van der Waals surface area contributed by atoms with Crippen LogP contribution in [0.5, 0.6) is 0 Å². The van der Waals surface area contributed by atoms with Crippen LogP contribution in [0.3, 0.4) is 0 Å². The summed E-state index contributed by atoms with van der Waals surface area (Å²) in [5, 5.41) is 18.0. The first-order valence-corrected chi connectivity index (χ1v) is 8.30. The Labute approximate surface area is 145 Å². The third-order valence-corrected chi connectivity index (χ3v) is 4.94. The van der Waals surface area contributed by atoms with Crippen LogP contribution >= 0.6 is 0 Å². The lowest BCUT2D eigenvalue weighted by Gasteiger charge is -2.32. The van der Waals surface area contributed by atoms with Crippen LogP contribution < -0.4 is 0 Å². The number of nitrogens with zero attached hydrogens (tertiary/aromatic N) is 2. The Bertz CT molecular complexity index is 784. The van der Waals surface area contributed by atoms with E-state index in [-0.39, 0.29) is 10.8 Å². The highest BCUT2D eigenvalue weighted by Gasteiger charge is 2.27. The van der Waals surface area contributed by atoms with E-state index in [1.54, 1.807) is 0 Å². The number of hydrogen-bond acceptors (Lipinski definition) is 2. The van der Waals surface area contributed by atoms with E-state index in [1.165, 1.54) is 11.1 Å². The van der Waals surface area contributed by atoms with Crippen LogP contribution in [0.2, 0.25) is 0 Å². The number of rotatable bonds is 5. The third kappa shape index (κ3) is 4.03. The second-order valence-electron chi connectivity index (χ2n) is 7.65. The second kappa shape index (κ2) is 6.90. The van der Waals surface area contributed by atoms with Crippen LogP contribution in [0, 0.1) is 22.7 Å². The molecule has 0 saturated carbocycles. The quantitative estimate of drug-likeness (QED) is 0.734. The standard InChI is InChI=1S/C22H24N2/c1-21(2,19-10-8-17(15-23)9-11-19)12-13-22(3,4)20-7-5-6-18(14-20)16-24/h5-11,14H,12-13H2,1-4H3. The van der Waals surface area contributed by atoms with Crippen LogP contribution in [-0.4, -0.2) is 0 Å². The minimum atomic E-state index is 0.0106. The number of nitriles is 2. The van der Waals surface area contributed by atoms with E-state index < -0.39 is 0 Å². The van der Waals surface area contributed by atoms with Crippen molar-refractivity contribution in [2.24, 2.45) is 0 Å². The zero-order valence-corrected chi connectivity index (χ0v) is 14.9. The minimum Gasteiger partial charge on any atom is -0.192 e. The summed E-state index contributed by atoms with van der Waals surface area (Å²) in [7, 11) is 0. The molecule has 0 fully saturated rings. The molecule has 0 spiro atoms. The summed E-state index contributed by atoms with van der Waals surface area (Å²) in [6.45, 7) is 8.96. The molecule has 0 atom stereocenters. The molecule has 2 nitrogen and oxygen atoms in total. The predicted molar refractivity (Wildman–Crippen MR) is 97.6 cm³/mol. The molecule has 2 aromatic carbocycles. The van der Waals surface area contributed by atoms with E-state index in [0.29, 0.717) is 11.1 Å². The molecule has 2 aromatic rings. The fraction of sp³-hybridized carbons (Fsp3) is 0.364. The Kier molecular flexibility index (Phi) is 5.10. The van der Waals surface area contributed by atoms with Crippen LogP contribution in [-0.2, 0) is 10.8 Å². The molecule has 0 aliphatic heterocycles. The molecule has 0 aromatic heterocycles. The fourth-order valence-corrected chi connectivity index (χ4v) is 2.92. The van der Waals surface area contributed by atoms with Gasteiger partial charge in [-0.05, 0) is 59.1 Å². The Balaban J connectivity index is 2.14. The molecule has 122 valence electrons. The molecule has 0 N–H and O–H groups in total. The van der Waals surface area contributed by atoms with Crippen molar-refractivity contribution < 1.29 is 0 Å². The van der Waals surface area contributed by atoms with Crippen molar-refractivity contribution in [1.29, 1.82) is 10.5 Å².